The molecule has 0 bridgehead atoms. The maximum atomic E-state index is 12.4. The van der Waals surface area contributed by atoms with Crippen LogP contribution in [0.3, 0.4) is 0 Å². The van der Waals surface area contributed by atoms with Crippen LogP contribution < -0.4 is 5.32 Å². The first-order valence-electron chi connectivity index (χ1n) is 9.27. The van der Waals surface area contributed by atoms with Crippen molar-refractivity contribution >= 4 is 34.1 Å². The summed E-state index contributed by atoms with van der Waals surface area (Å²) in [4.78, 5) is 21.0. The third-order valence-corrected chi connectivity index (χ3v) is 6.42. The molecule has 4 rings (SSSR count). The summed E-state index contributed by atoms with van der Waals surface area (Å²) in [7, 11) is 1.87. The van der Waals surface area contributed by atoms with E-state index in [0.717, 1.165) is 16.8 Å². The summed E-state index contributed by atoms with van der Waals surface area (Å²) in [5, 5.41) is 14.5. The van der Waals surface area contributed by atoms with Crippen molar-refractivity contribution in [3.63, 3.8) is 0 Å². The summed E-state index contributed by atoms with van der Waals surface area (Å²) in [6, 6.07) is 10.0. The van der Waals surface area contributed by atoms with Gasteiger partial charge in [0.2, 0.25) is 5.91 Å². The van der Waals surface area contributed by atoms with Gasteiger partial charge in [0.05, 0.1) is 11.4 Å². The van der Waals surface area contributed by atoms with Gasteiger partial charge in [-0.3, -0.25) is 9.78 Å². The van der Waals surface area contributed by atoms with Crippen molar-refractivity contribution in [3.05, 3.63) is 59.2 Å². The first kappa shape index (κ1) is 20.2. The van der Waals surface area contributed by atoms with Crippen LogP contribution >= 0.6 is 23.1 Å². The predicted octanol–water partition coefficient (Wildman–Crippen LogP) is 4.35. The third-order valence-electron chi connectivity index (χ3n) is 4.64. The monoisotopic (exact) mass is 436 g/mol. The van der Waals surface area contributed by atoms with Crippen LogP contribution in [0.5, 0.6) is 0 Å². The zero-order valence-electron chi connectivity index (χ0n) is 16.8. The molecule has 7 nitrogen and oxygen atoms in total. The normalized spacial score (nSPS) is 10.9. The highest BCUT2D eigenvalue weighted by atomic mass is 32.2. The van der Waals surface area contributed by atoms with E-state index in [9.17, 15) is 4.79 Å². The molecule has 0 aliphatic heterocycles. The van der Waals surface area contributed by atoms with Gasteiger partial charge in [-0.2, -0.15) is 0 Å². The van der Waals surface area contributed by atoms with Crippen LogP contribution in [-0.2, 0) is 11.8 Å². The Morgan fingerprint density at radius 2 is 2.03 bits per heavy atom. The van der Waals surface area contributed by atoms with Crippen LogP contribution in [0.2, 0.25) is 0 Å². The molecule has 0 saturated carbocycles. The largest absolute Gasteiger partial charge is 0.305 e. The van der Waals surface area contributed by atoms with Gasteiger partial charge in [0.1, 0.15) is 0 Å². The van der Waals surface area contributed by atoms with Crippen molar-refractivity contribution in [2.24, 2.45) is 7.05 Å². The molecule has 1 amide bonds. The molecule has 30 heavy (non-hydrogen) atoms. The first-order chi connectivity index (χ1) is 14.5. The summed E-state index contributed by atoms with van der Waals surface area (Å²) < 4.78 is 1.86. The van der Waals surface area contributed by atoms with E-state index in [0.29, 0.717) is 16.1 Å². The van der Waals surface area contributed by atoms with Crippen molar-refractivity contribution in [2.75, 3.05) is 11.1 Å². The quantitative estimate of drug-likeness (QED) is 0.452. The lowest BCUT2D eigenvalue weighted by Crippen LogP contribution is -2.14. The van der Waals surface area contributed by atoms with Gasteiger partial charge in [-0.1, -0.05) is 23.9 Å². The van der Waals surface area contributed by atoms with Gasteiger partial charge in [0, 0.05) is 35.9 Å². The lowest BCUT2D eigenvalue weighted by molar-refractivity contribution is -0.113. The number of carbonyl (C=O) groups is 1. The van der Waals surface area contributed by atoms with Crippen molar-refractivity contribution in [1.29, 1.82) is 0 Å². The van der Waals surface area contributed by atoms with Gasteiger partial charge in [0.25, 0.3) is 0 Å². The number of hydrogen-bond donors (Lipinski definition) is 1. The molecule has 9 heteroatoms. The lowest BCUT2D eigenvalue weighted by atomic mass is 10.1. The topological polar surface area (TPSA) is 85.6 Å². The minimum Gasteiger partial charge on any atom is -0.305 e. The molecule has 4 aromatic rings. The lowest BCUT2D eigenvalue weighted by Gasteiger charge is -2.04. The van der Waals surface area contributed by atoms with Crippen LogP contribution in [0.4, 0.5) is 5.13 Å². The van der Waals surface area contributed by atoms with Crippen LogP contribution in [0.25, 0.3) is 22.6 Å². The molecule has 0 atom stereocenters. The maximum absolute atomic E-state index is 12.4. The molecule has 0 aliphatic carbocycles. The minimum absolute atomic E-state index is 0.132. The molecule has 0 spiro atoms. The molecule has 152 valence electrons. The molecule has 3 aromatic heterocycles. The average molecular weight is 437 g/mol. The van der Waals surface area contributed by atoms with E-state index in [4.69, 9.17) is 0 Å². The summed E-state index contributed by atoms with van der Waals surface area (Å²) in [5.74, 6) is 0.799. The SMILES string of the molecule is Cc1ccc(-c2csc(NC(=O)CSc3nnc(-c4cccnc4)n3C)n2)cc1C. The summed E-state index contributed by atoms with van der Waals surface area (Å²) in [5.41, 5.74) is 5.25. The van der Waals surface area contributed by atoms with Crippen LogP contribution in [-0.4, -0.2) is 36.4 Å². The van der Waals surface area contributed by atoms with Gasteiger partial charge in [-0.15, -0.1) is 21.5 Å². The van der Waals surface area contributed by atoms with Gasteiger partial charge in [0.15, 0.2) is 16.1 Å². The second-order valence-corrected chi connectivity index (χ2v) is 8.58. The zero-order valence-corrected chi connectivity index (χ0v) is 18.4. The fraction of sp³-hybridized carbons (Fsp3) is 0.190. The summed E-state index contributed by atoms with van der Waals surface area (Å²) >= 11 is 2.75. The van der Waals surface area contributed by atoms with E-state index in [2.05, 4.69) is 51.5 Å². The Balaban J connectivity index is 1.37. The third kappa shape index (κ3) is 4.42. The van der Waals surface area contributed by atoms with Crippen molar-refractivity contribution < 1.29 is 4.79 Å². The number of amides is 1. The van der Waals surface area contributed by atoms with Gasteiger partial charge >= 0.3 is 0 Å². The van der Waals surface area contributed by atoms with Gasteiger partial charge in [-0.05, 0) is 43.2 Å². The first-order valence-corrected chi connectivity index (χ1v) is 11.1. The standard InChI is InChI=1S/C21H20N6OS2/c1-13-6-7-15(9-14(13)2)17-11-29-20(23-17)24-18(28)12-30-21-26-25-19(27(21)3)16-5-4-8-22-10-16/h4-11H,12H2,1-3H3,(H,23,24,28). The smallest absolute Gasteiger partial charge is 0.236 e. The Hall–Kier alpha value is -3.04. The summed E-state index contributed by atoms with van der Waals surface area (Å²) in [6.07, 6.45) is 3.45. The van der Waals surface area contributed by atoms with E-state index in [1.165, 1.54) is 34.2 Å². The van der Waals surface area contributed by atoms with E-state index >= 15 is 0 Å². The van der Waals surface area contributed by atoms with E-state index in [1.807, 2.05) is 35.2 Å². The molecule has 1 N–H and O–H groups in total. The van der Waals surface area contributed by atoms with E-state index < -0.39 is 0 Å². The van der Waals surface area contributed by atoms with Crippen molar-refractivity contribution in [3.8, 4) is 22.6 Å². The Labute approximate surface area is 182 Å². The Bertz CT molecular complexity index is 1190. The Kier molecular flexibility index (Phi) is 5.91. The second-order valence-electron chi connectivity index (χ2n) is 6.78. The zero-order chi connectivity index (χ0) is 21.1. The predicted molar refractivity (Wildman–Crippen MR) is 121 cm³/mol. The maximum Gasteiger partial charge on any atom is 0.236 e. The number of thiazole rings is 1. The minimum atomic E-state index is -0.132. The van der Waals surface area contributed by atoms with Crippen molar-refractivity contribution in [1.82, 2.24) is 24.7 Å². The van der Waals surface area contributed by atoms with Gasteiger partial charge in [-0.25, -0.2) is 4.98 Å². The Morgan fingerprint density at radius 3 is 2.80 bits per heavy atom. The number of thioether (sulfide) groups is 1. The number of rotatable bonds is 6. The number of anilines is 1. The number of nitrogens with zero attached hydrogens (tertiary/aromatic N) is 5. The molecule has 0 saturated heterocycles. The highest BCUT2D eigenvalue weighted by Crippen LogP contribution is 2.27. The number of benzene rings is 1. The fourth-order valence-electron chi connectivity index (χ4n) is 2.84. The molecule has 3 heterocycles. The van der Waals surface area contributed by atoms with Crippen LogP contribution in [0.1, 0.15) is 11.1 Å². The molecule has 0 fully saturated rings. The highest BCUT2D eigenvalue weighted by Gasteiger charge is 2.14. The number of carbonyl (C=O) groups excluding carboxylic acids is 1. The van der Waals surface area contributed by atoms with Crippen LogP contribution in [0, 0.1) is 13.8 Å². The average Bonchev–Trinajstić information content (AvgIpc) is 3.36. The highest BCUT2D eigenvalue weighted by molar-refractivity contribution is 7.99. The molecular weight excluding hydrogens is 416 g/mol. The van der Waals surface area contributed by atoms with Gasteiger partial charge < -0.3 is 9.88 Å². The molecular formula is C21H20N6OS2. The molecule has 0 unspecified atom stereocenters. The van der Waals surface area contributed by atoms with Crippen molar-refractivity contribution in [2.45, 2.75) is 19.0 Å². The second kappa shape index (κ2) is 8.76. The fourth-order valence-corrected chi connectivity index (χ4v) is 4.28. The molecule has 1 aromatic carbocycles. The molecule has 0 radical (unpaired) electrons. The number of aryl methyl sites for hydroxylation is 2. The number of nitrogens with one attached hydrogen (secondary N) is 1. The van der Waals surface area contributed by atoms with Crippen LogP contribution in [0.15, 0.2) is 53.3 Å². The number of hydrogen-bond acceptors (Lipinski definition) is 7. The van der Waals surface area contributed by atoms with E-state index in [-0.39, 0.29) is 11.7 Å². The van der Waals surface area contributed by atoms with E-state index in [1.54, 1.807) is 12.4 Å². The Morgan fingerprint density at radius 1 is 1.17 bits per heavy atom. The number of aromatic nitrogens is 5. The molecule has 0 aliphatic rings. The number of pyridine rings is 1. The summed E-state index contributed by atoms with van der Waals surface area (Å²) in [6.45, 7) is 4.16.